The zero-order valence-electron chi connectivity index (χ0n) is 7.59. The van der Waals surface area contributed by atoms with E-state index in [1.807, 2.05) is 0 Å². The van der Waals surface area contributed by atoms with Crippen LogP contribution in [0, 0.1) is 0 Å². The molecule has 2 unspecified atom stereocenters. The lowest BCUT2D eigenvalue weighted by molar-refractivity contribution is -0.0241. The van der Waals surface area contributed by atoms with Crippen molar-refractivity contribution in [3.63, 3.8) is 0 Å². The highest BCUT2D eigenvalue weighted by atomic mass is 79.9. The Bertz CT molecular complexity index is 119. The van der Waals surface area contributed by atoms with Crippen molar-refractivity contribution >= 4 is 15.9 Å². The van der Waals surface area contributed by atoms with Gasteiger partial charge >= 0.3 is 0 Å². The fraction of sp³-hybridized carbons (Fsp3) is 1.00. The quantitative estimate of drug-likeness (QED) is 0.699. The molecular formula is C9H17BrO2. The van der Waals surface area contributed by atoms with Crippen LogP contribution in [0.1, 0.15) is 25.7 Å². The smallest absolute Gasteiger partial charge is 0.0600 e. The van der Waals surface area contributed by atoms with Crippen molar-refractivity contribution in [3.8, 4) is 0 Å². The van der Waals surface area contributed by atoms with E-state index in [9.17, 15) is 0 Å². The van der Waals surface area contributed by atoms with Gasteiger partial charge in [0.15, 0.2) is 0 Å². The molecule has 0 aromatic carbocycles. The molecular weight excluding hydrogens is 220 g/mol. The molecule has 2 atom stereocenters. The highest BCUT2D eigenvalue weighted by molar-refractivity contribution is 9.09. The first-order valence-corrected chi connectivity index (χ1v) is 5.69. The number of ether oxygens (including phenoxy) is 2. The SMILES string of the molecule is COC1CCCC(OCCBr)C1. The van der Waals surface area contributed by atoms with E-state index in [0.717, 1.165) is 18.4 Å². The first-order valence-electron chi connectivity index (χ1n) is 4.57. The summed E-state index contributed by atoms with van der Waals surface area (Å²) in [5.74, 6) is 0. The first kappa shape index (κ1) is 10.5. The zero-order valence-corrected chi connectivity index (χ0v) is 9.18. The van der Waals surface area contributed by atoms with Gasteiger partial charge in [0, 0.05) is 12.4 Å². The van der Waals surface area contributed by atoms with E-state index in [1.54, 1.807) is 7.11 Å². The lowest BCUT2D eigenvalue weighted by atomic mass is 9.95. The number of hydrogen-bond donors (Lipinski definition) is 0. The van der Waals surface area contributed by atoms with Gasteiger partial charge in [0.1, 0.15) is 0 Å². The minimum Gasteiger partial charge on any atom is -0.381 e. The van der Waals surface area contributed by atoms with Crippen molar-refractivity contribution in [2.75, 3.05) is 19.0 Å². The molecule has 0 saturated heterocycles. The third-order valence-corrected chi connectivity index (χ3v) is 2.67. The van der Waals surface area contributed by atoms with Crippen LogP contribution in [0.15, 0.2) is 0 Å². The summed E-state index contributed by atoms with van der Waals surface area (Å²) in [4.78, 5) is 0. The molecule has 2 nitrogen and oxygen atoms in total. The fourth-order valence-electron chi connectivity index (χ4n) is 1.68. The molecule has 0 N–H and O–H groups in total. The second-order valence-electron chi connectivity index (χ2n) is 3.21. The molecule has 0 amide bonds. The maximum Gasteiger partial charge on any atom is 0.0600 e. The van der Waals surface area contributed by atoms with Gasteiger partial charge in [-0.05, 0) is 25.7 Å². The summed E-state index contributed by atoms with van der Waals surface area (Å²) in [6, 6.07) is 0. The van der Waals surface area contributed by atoms with Crippen molar-refractivity contribution in [1.29, 1.82) is 0 Å². The monoisotopic (exact) mass is 236 g/mol. The van der Waals surface area contributed by atoms with Gasteiger partial charge in [-0.3, -0.25) is 0 Å². The van der Waals surface area contributed by atoms with Gasteiger partial charge in [-0.15, -0.1) is 0 Å². The molecule has 3 heteroatoms. The number of methoxy groups -OCH3 is 1. The first-order chi connectivity index (χ1) is 5.86. The van der Waals surface area contributed by atoms with Crippen LogP contribution in [0.5, 0.6) is 0 Å². The molecule has 0 aromatic rings. The van der Waals surface area contributed by atoms with Crippen LogP contribution in [0.4, 0.5) is 0 Å². The number of rotatable bonds is 4. The van der Waals surface area contributed by atoms with Crippen LogP contribution in [0.2, 0.25) is 0 Å². The van der Waals surface area contributed by atoms with Gasteiger partial charge in [0.2, 0.25) is 0 Å². The van der Waals surface area contributed by atoms with Crippen molar-refractivity contribution in [2.45, 2.75) is 37.9 Å². The van der Waals surface area contributed by atoms with Crippen LogP contribution >= 0.6 is 15.9 Å². The third-order valence-electron chi connectivity index (χ3n) is 2.34. The largest absolute Gasteiger partial charge is 0.381 e. The molecule has 72 valence electrons. The molecule has 1 aliphatic rings. The van der Waals surface area contributed by atoms with Crippen LogP contribution in [-0.4, -0.2) is 31.3 Å². The van der Waals surface area contributed by atoms with Gasteiger partial charge in [0.25, 0.3) is 0 Å². The Balaban J connectivity index is 2.16. The van der Waals surface area contributed by atoms with E-state index >= 15 is 0 Å². The Labute approximate surface area is 82.7 Å². The molecule has 0 aliphatic heterocycles. The summed E-state index contributed by atoms with van der Waals surface area (Å²) in [6.07, 6.45) is 5.58. The highest BCUT2D eigenvalue weighted by Gasteiger charge is 2.21. The molecule has 1 fully saturated rings. The van der Waals surface area contributed by atoms with E-state index in [4.69, 9.17) is 9.47 Å². The fourth-order valence-corrected chi connectivity index (χ4v) is 1.87. The molecule has 1 saturated carbocycles. The van der Waals surface area contributed by atoms with E-state index in [2.05, 4.69) is 15.9 Å². The van der Waals surface area contributed by atoms with Crippen LogP contribution in [0.25, 0.3) is 0 Å². The second-order valence-corrected chi connectivity index (χ2v) is 4.00. The summed E-state index contributed by atoms with van der Waals surface area (Å²) in [5.41, 5.74) is 0. The zero-order chi connectivity index (χ0) is 8.81. The van der Waals surface area contributed by atoms with Gasteiger partial charge < -0.3 is 9.47 Å². The molecule has 0 spiro atoms. The lowest BCUT2D eigenvalue weighted by Crippen LogP contribution is -2.27. The Kier molecular flexibility index (Phi) is 5.19. The van der Waals surface area contributed by atoms with E-state index < -0.39 is 0 Å². The standard InChI is InChI=1S/C9H17BrO2/c1-11-8-3-2-4-9(7-8)12-6-5-10/h8-9H,2-7H2,1H3. The number of alkyl halides is 1. The summed E-state index contributed by atoms with van der Waals surface area (Å²) in [6.45, 7) is 0.821. The molecule has 0 radical (unpaired) electrons. The van der Waals surface area contributed by atoms with Crippen molar-refractivity contribution in [3.05, 3.63) is 0 Å². The Morgan fingerprint density at radius 3 is 2.75 bits per heavy atom. The Hall–Kier alpha value is 0.400. The molecule has 1 aliphatic carbocycles. The van der Waals surface area contributed by atoms with Crippen LogP contribution in [-0.2, 0) is 9.47 Å². The minimum absolute atomic E-state index is 0.430. The highest BCUT2D eigenvalue weighted by Crippen LogP contribution is 2.22. The second kappa shape index (κ2) is 5.95. The predicted molar refractivity (Wildman–Crippen MR) is 52.8 cm³/mol. The summed E-state index contributed by atoms with van der Waals surface area (Å²) >= 11 is 3.35. The lowest BCUT2D eigenvalue weighted by Gasteiger charge is -2.27. The van der Waals surface area contributed by atoms with Crippen LogP contribution in [0.3, 0.4) is 0 Å². The maximum atomic E-state index is 5.64. The van der Waals surface area contributed by atoms with Gasteiger partial charge in [-0.1, -0.05) is 15.9 Å². The van der Waals surface area contributed by atoms with Gasteiger partial charge in [-0.25, -0.2) is 0 Å². The van der Waals surface area contributed by atoms with Gasteiger partial charge in [-0.2, -0.15) is 0 Å². The number of hydrogen-bond acceptors (Lipinski definition) is 2. The number of halogens is 1. The van der Waals surface area contributed by atoms with E-state index in [1.165, 1.54) is 19.3 Å². The van der Waals surface area contributed by atoms with Crippen LogP contribution < -0.4 is 0 Å². The average Bonchev–Trinajstić information content (AvgIpc) is 2.15. The Morgan fingerprint density at radius 1 is 1.33 bits per heavy atom. The molecule has 12 heavy (non-hydrogen) atoms. The van der Waals surface area contributed by atoms with Gasteiger partial charge in [0.05, 0.1) is 18.8 Å². The molecule has 0 heterocycles. The summed E-state index contributed by atoms with van der Waals surface area (Å²) in [7, 11) is 1.79. The summed E-state index contributed by atoms with van der Waals surface area (Å²) < 4.78 is 10.9. The van der Waals surface area contributed by atoms with E-state index in [0.29, 0.717) is 12.2 Å². The molecule has 1 rings (SSSR count). The maximum absolute atomic E-state index is 5.64. The van der Waals surface area contributed by atoms with Crippen molar-refractivity contribution in [2.24, 2.45) is 0 Å². The van der Waals surface area contributed by atoms with Crippen molar-refractivity contribution in [1.82, 2.24) is 0 Å². The third kappa shape index (κ3) is 3.42. The molecule has 0 bridgehead atoms. The van der Waals surface area contributed by atoms with Crippen molar-refractivity contribution < 1.29 is 9.47 Å². The Morgan fingerprint density at radius 2 is 2.08 bits per heavy atom. The predicted octanol–water partition coefficient (Wildman–Crippen LogP) is 2.36. The summed E-state index contributed by atoms with van der Waals surface area (Å²) in [5, 5.41) is 0.932. The normalized spacial score (nSPS) is 30.5. The topological polar surface area (TPSA) is 18.5 Å². The van der Waals surface area contributed by atoms with E-state index in [-0.39, 0.29) is 0 Å². The minimum atomic E-state index is 0.430. The molecule has 0 aromatic heterocycles. The average molecular weight is 237 g/mol.